The summed E-state index contributed by atoms with van der Waals surface area (Å²) in [6.07, 6.45) is 0. The number of ether oxygens (including phenoxy) is 1. The number of anilines is 1. The molecule has 6 heteroatoms. The summed E-state index contributed by atoms with van der Waals surface area (Å²) >= 11 is 5.85. The lowest BCUT2D eigenvalue weighted by atomic mass is 10.2. The van der Waals surface area contributed by atoms with Gasteiger partial charge in [-0.05, 0) is 25.1 Å². The van der Waals surface area contributed by atoms with Gasteiger partial charge in [0.2, 0.25) is 0 Å². The normalized spacial score (nSPS) is 11.7. The minimum atomic E-state index is -1.04. The van der Waals surface area contributed by atoms with Crippen LogP contribution in [-0.4, -0.2) is 36.7 Å². The van der Waals surface area contributed by atoms with E-state index in [4.69, 9.17) is 16.7 Å². The maximum atomic E-state index is 11.5. The van der Waals surface area contributed by atoms with Gasteiger partial charge in [-0.1, -0.05) is 17.7 Å². The molecule has 0 amide bonds. The van der Waals surface area contributed by atoms with Crippen molar-refractivity contribution in [3.8, 4) is 0 Å². The summed E-state index contributed by atoms with van der Waals surface area (Å²) in [5, 5.41) is 9.36. The number of halogens is 1. The Hall–Kier alpha value is -1.75. The van der Waals surface area contributed by atoms with Gasteiger partial charge in [0.1, 0.15) is 12.6 Å². The first-order chi connectivity index (χ1) is 8.45. The van der Waals surface area contributed by atoms with E-state index in [1.54, 1.807) is 31.2 Å². The number of carboxylic acid groups (broad SMARTS) is 1. The zero-order valence-electron chi connectivity index (χ0n) is 10.1. The summed E-state index contributed by atoms with van der Waals surface area (Å²) in [7, 11) is 1.26. The van der Waals surface area contributed by atoms with Crippen molar-refractivity contribution in [2.24, 2.45) is 0 Å². The molecule has 5 nitrogen and oxygen atoms in total. The molecule has 0 fully saturated rings. The van der Waals surface area contributed by atoms with E-state index >= 15 is 0 Å². The third-order valence-electron chi connectivity index (χ3n) is 2.46. The van der Waals surface area contributed by atoms with E-state index in [0.717, 1.165) is 0 Å². The Balaban J connectivity index is 3.04. The maximum absolute atomic E-state index is 11.5. The van der Waals surface area contributed by atoms with Crippen molar-refractivity contribution >= 4 is 29.2 Å². The predicted octanol–water partition coefficient (Wildman–Crippen LogP) is 1.79. The van der Waals surface area contributed by atoms with E-state index in [-0.39, 0.29) is 6.54 Å². The number of carboxylic acids is 1. The molecule has 0 aliphatic rings. The molecule has 0 spiro atoms. The van der Waals surface area contributed by atoms with Gasteiger partial charge in [-0.2, -0.15) is 0 Å². The van der Waals surface area contributed by atoms with E-state index in [1.165, 1.54) is 12.0 Å². The molecule has 1 atom stereocenters. The van der Waals surface area contributed by atoms with E-state index < -0.39 is 18.0 Å². The molecule has 1 N–H and O–H groups in total. The Labute approximate surface area is 110 Å². The first kappa shape index (κ1) is 14.3. The second-order valence-corrected chi connectivity index (χ2v) is 4.14. The Morgan fingerprint density at radius 3 is 2.67 bits per heavy atom. The number of hydrogen-bond acceptors (Lipinski definition) is 4. The zero-order chi connectivity index (χ0) is 13.7. The van der Waals surface area contributed by atoms with Crippen molar-refractivity contribution in [3.63, 3.8) is 0 Å². The lowest BCUT2D eigenvalue weighted by molar-refractivity contribution is -0.142. The van der Waals surface area contributed by atoms with Crippen LogP contribution in [0.15, 0.2) is 24.3 Å². The number of methoxy groups -OCH3 is 1. The molecule has 0 bridgehead atoms. The average Bonchev–Trinajstić information content (AvgIpc) is 2.34. The average molecular weight is 272 g/mol. The monoisotopic (exact) mass is 271 g/mol. The van der Waals surface area contributed by atoms with Gasteiger partial charge in [-0.15, -0.1) is 0 Å². The summed E-state index contributed by atoms with van der Waals surface area (Å²) in [5.74, 6) is -1.54. The summed E-state index contributed by atoms with van der Waals surface area (Å²) in [6.45, 7) is 1.27. The van der Waals surface area contributed by atoms with Crippen LogP contribution in [0.1, 0.15) is 6.92 Å². The van der Waals surface area contributed by atoms with Crippen LogP contribution in [0.5, 0.6) is 0 Å². The molecule has 0 radical (unpaired) electrons. The molecule has 0 aliphatic carbocycles. The highest BCUT2D eigenvalue weighted by Crippen LogP contribution is 2.21. The molecule has 18 heavy (non-hydrogen) atoms. The highest BCUT2D eigenvalue weighted by molar-refractivity contribution is 6.30. The largest absolute Gasteiger partial charge is 0.480 e. The molecular formula is C12H14ClNO4. The number of benzene rings is 1. The van der Waals surface area contributed by atoms with Crippen molar-refractivity contribution in [1.29, 1.82) is 0 Å². The molecule has 1 aromatic rings. The quantitative estimate of drug-likeness (QED) is 0.827. The molecule has 98 valence electrons. The van der Waals surface area contributed by atoms with Crippen LogP contribution < -0.4 is 4.90 Å². The highest BCUT2D eigenvalue weighted by Gasteiger charge is 2.24. The Bertz CT molecular complexity index is 449. The fourth-order valence-corrected chi connectivity index (χ4v) is 1.73. The van der Waals surface area contributed by atoms with Crippen LogP contribution in [0, 0.1) is 0 Å². The highest BCUT2D eigenvalue weighted by atomic mass is 35.5. The van der Waals surface area contributed by atoms with Gasteiger partial charge < -0.3 is 14.7 Å². The topological polar surface area (TPSA) is 66.8 Å². The molecule has 0 aromatic heterocycles. The number of aliphatic carboxylic acids is 1. The Morgan fingerprint density at radius 2 is 2.17 bits per heavy atom. The van der Waals surface area contributed by atoms with Gasteiger partial charge in [0, 0.05) is 10.7 Å². The van der Waals surface area contributed by atoms with Crippen molar-refractivity contribution in [2.45, 2.75) is 13.0 Å². The molecule has 0 saturated carbocycles. The zero-order valence-corrected chi connectivity index (χ0v) is 10.8. The van der Waals surface area contributed by atoms with Crippen molar-refractivity contribution in [2.75, 3.05) is 18.6 Å². The van der Waals surface area contributed by atoms with Gasteiger partial charge in [-0.3, -0.25) is 4.79 Å². The minimum Gasteiger partial charge on any atom is -0.480 e. The summed E-state index contributed by atoms with van der Waals surface area (Å²) in [4.78, 5) is 23.8. The predicted molar refractivity (Wildman–Crippen MR) is 67.9 cm³/mol. The van der Waals surface area contributed by atoms with E-state index in [1.807, 2.05) is 0 Å². The van der Waals surface area contributed by atoms with Crippen LogP contribution in [0.2, 0.25) is 5.02 Å². The molecule has 1 unspecified atom stereocenters. The smallest absolute Gasteiger partial charge is 0.328 e. The third-order valence-corrected chi connectivity index (χ3v) is 2.69. The van der Waals surface area contributed by atoms with Gasteiger partial charge in [0.25, 0.3) is 0 Å². The molecule has 0 saturated heterocycles. The second-order valence-electron chi connectivity index (χ2n) is 3.70. The number of esters is 1. The van der Waals surface area contributed by atoms with Gasteiger partial charge in [0.15, 0.2) is 0 Å². The number of rotatable bonds is 5. The van der Waals surface area contributed by atoms with Crippen LogP contribution in [0.25, 0.3) is 0 Å². The van der Waals surface area contributed by atoms with Crippen LogP contribution in [-0.2, 0) is 14.3 Å². The van der Waals surface area contributed by atoms with E-state index in [9.17, 15) is 9.59 Å². The fraction of sp³-hybridized carbons (Fsp3) is 0.333. The summed E-state index contributed by atoms with van der Waals surface area (Å²) in [6, 6.07) is 5.95. The van der Waals surface area contributed by atoms with Crippen molar-refractivity contribution in [3.05, 3.63) is 29.3 Å². The Morgan fingerprint density at radius 1 is 1.50 bits per heavy atom. The fourth-order valence-electron chi connectivity index (χ4n) is 1.55. The van der Waals surface area contributed by atoms with Gasteiger partial charge in [-0.25, -0.2) is 4.79 Å². The molecule has 1 rings (SSSR count). The van der Waals surface area contributed by atoms with Crippen LogP contribution >= 0.6 is 11.6 Å². The number of carbonyl (C=O) groups excluding carboxylic acids is 1. The van der Waals surface area contributed by atoms with E-state index in [2.05, 4.69) is 4.74 Å². The first-order valence-corrected chi connectivity index (χ1v) is 5.65. The van der Waals surface area contributed by atoms with Gasteiger partial charge in [0.05, 0.1) is 7.11 Å². The molecule has 0 aliphatic heterocycles. The summed E-state index contributed by atoms with van der Waals surface area (Å²) < 4.78 is 4.62. The summed E-state index contributed by atoms with van der Waals surface area (Å²) in [5.41, 5.74) is 0.558. The Kier molecular flexibility index (Phi) is 4.97. The van der Waals surface area contributed by atoms with Crippen LogP contribution in [0.4, 0.5) is 5.69 Å². The van der Waals surface area contributed by atoms with Crippen molar-refractivity contribution < 1.29 is 19.4 Å². The second kappa shape index (κ2) is 6.26. The number of carbonyl (C=O) groups is 2. The molecular weight excluding hydrogens is 258 g/mol. The third kappa shape index (κ3) is 3.63. The van der Waals surface area contributed by atoms with Gasteiger partial charge >= 0.3 is 11.9 Å². The maximum Gasteiger partial charge on any atom is 0.328 e. The minimum absolute atomic E-state index is 0.309. The van der Waals surface area contributed by atoms with Crippen LogP contribution in [0.3, 0.4) is 0 Å². The first-order valence-electron chi connectivity index (χ1n) is 5.27. The number of nitrogens with zero attached hydrogens (tertiary/aromatic N) is 1. The standard InChI is InChI=1S/C12H14ClNO4/c1-8(12(17)18-2)14(7-11(15)16)10-5-3-4-9(13)6-10/h3-6,8H,7H2,1-2H3,(H,15,16). The molecule has 0 heterocycles. The SMILES string of the molecule is COC(=O)C(C)N(CC(=O)O)c1cccc(Cl)c1. The lowest BCUT2D eigenvalue weighted by Gasteiger charge is -2.27. The van der Waals surface area contributed by atoms with E-state index in [0.29, 0.717) is 10.7 Å². The molecule has 1 aromatic carbocycles. The number of hydrogen-bond donors (Lipinski definition) is 1. The van der Waals surface area contributed by atoms with Crippen molar-refractivity contribution in [1.82, 2.24) is 0 Å². The lowest BCUT2D eigenvalue weighted by Crippen LogP contribution is -2.42.